The Morgan fingerprint density at radius 1 is 0.351 bits per heavy atom. The number of hydrogen-bond donors (Lipinski definition) is 2. The number of likely N-dealkylation sites (N-methyl/N-ethyl adjacent to an activating group) is 1. The molecule has 2 N–H and O–H groups in total. The van der Waals surface area contributed by atoms with Gasteiger partial charge < -0.3 is 47.6 Å². The summed E-state index contributed by atoms with van der Waals surface area (Å²) in [6.07, 6.45) is 11.0. The predicted octanol–water partition coefficient (Wildman–Crippen LogP) is 14.0. The Bertz CT molecular complexity index is 3350. The molecule has 0 fully saturated rings. The minimum atomic E-state index is 0.378. The molecule has 7 aromatic rings. The molecule has 0 saturated carbocycles. The lowest BCUT2D eigenvalue weighted by Crippen LogP contribution is -2.38. The van der Waals surface area contributed by atoms with Crippen molar-refractivity contribution in [1.82, 2.24) is 39.9 Å². The summed E-state index contributed by atoms with van der Waals surface area (Å²) in [7, 11) is 6.46. The highest BCUT2D eigenvalue weighted by Crippen LogP contribution is 2.48. The van der Waals surface area contributed by atoms with Gasteiger partial charge in [-0.15, -0.1) is 0 Å². The zero-order valence-electron chi connectivity index (χ0n) is 46.8. The maximum Gasteiger partial charge on any atom is 0.168 e. The molecule has 8 bridgehead atoms. The largest absolute Gasteiger partial charge is 0.493 e. The number of nitrogens with one attached hydrogen (secondary N) is 2. The lowest BCUT2D eigenvalue weighted by Gasteiger charge is -2.23. The van der Waals surface area contributed by atoms with Gasteiger partial charge in [-0.05, 0) is 93.1 Å². The molecule has 0 unspecified atom stereocenters. The molecule has 9 rings (SSSR count). The average molecular weight is 1050 g/mol. The first-order valence-electron chi connectivity index (χ1n) is 28.3. The molecule has 0 saturated heterocycles. The number of aromatic nitrogens is 8. The quantitative estimate of drug-likeness (QED) is 0.0351. The second-order valence-corrected chi connectivity index (χ2v) is 20.8. The number of rotatable bonds is 28. The Labute approximate surface area is 452 Å². The molecule has 2 aliphatic rings. The fourth-order valence-corrected chi connectivity index (χ4v) is 9.19. The third-order valence-electron chi connectivity index (χ3n) is 13.6. The van der Waals surface area contributed by atoms with E-state index in [9.17, 15) is 0 Å². The van der Waals surface area contributed by atoms with Crippen LogP contribution in [0.5, 0.6) is 40.2 Å². The van der Waals surface area contributed by atoms with Crippen LogP contribution in [0.2, 0.25) is 0 Å². The summed E-state index contributed by atoms with van der Waals surface area (Å²) in [6.45, 7) is 17.3. The number of quaternary nitrogens is 1. The van der Waals surface area contributed by atoms with Crippen LogP contribution in [-0.2, 0) is 0 Å². The number of nitrogens with zero attached hydrogens (tertiary/aromatic N) is 7. The zero-order chi connectivity index (χ0) is 53.9. The molecule has 0 atom stereocenters. The Kier molecular flexibility index (Phi) is 17.9. The molecule has 408 valence electrons. The molecule has 16 heteroatoms. The topological polar surface area (TPSA) is 174 Å². The van der Waals surface area contributed by atoms with Crippen LogP contribution in [0.25, 0.3) is 89.7 Å². The average Bonchev–Trinajstić information content (AvgIpc) is 4.25. The van der Waals surface area contributed by atoms with E-state index in [1.54, 1.807) is 0 Å². The van der Waals surface area contributed by atoms with Gasteiger partial charge in [-0.1, -0.05) is 80.1 Å². The smallest absolute Gasteiger partial charge is 0.168 e. The molecule has 0 radical (unpaired) electrons. The van der Waals surface area contributed by atoms with E-state index in [-0.39, 0.29) is 0 Å². The number of fused-ring (bicyclic) bond motifs is 20. The first-order valence-corrected chi connectivity index (χ1v) is 28.3. The van der Waals surface area contributed by atoms with Gasteiger partial charge in [-0.3, -0.25) is 0 Å². The summed E-state index contributed by atoms with van der Waals surface area (Å²) < 4.78 is 47.1. The molecule has 0 amide bonds. The van der Waals surface area contributed by atoms with Crippen LogP contribution in [0.4, 0.5) is 0 Å². The number of aromatic amines is 2. The number of ether oxygens (including phenoxy) is 7. The van der Waals surface area contributed by atoms with Crippen LogP contribution >= 0.6 is 0 Å². The number of unbranched alkanes of at least 4 members (excludes halogenated alkanes) is 6. The Morgan fingerprint density at radius 2 is 0.675 bits per heavy atom. The molecule has 77 heavy (non-hydrogen) atoms. The highest BCUT2D eigenvalue weighted by molar-refractivity contribution is 6.13. The Balaban J connectivity index is 1.46. The van der Waals surface area contributed by atoms with Crippen LogP contribution in [-0.4, -0.2) is 118 Å². The van der Waals surface area contributed by atoms with Crippen molar-refractivity contribution in [3.05, 3.63) is 54.6 Å². The van der Waals surface area contributed by atoms with E-state index < -0.39 is 0 Å². The Hall–Kier alpha value is -7.20. The minimum absolute atomic E-state index is 0.378. The van der Waals surface area contributed by atoms with E-state index in [0.717, 1.165) is 99.2 Å². The second-order valence-electron chi connectivity index (χ2n) is 20.8. The highest BCUT2D eigenvalue weighted by atomic mass is 16.5. The zero-order valence-corrected chi connectivity index (χ0v) is 46.8. The van der Waals surface area contributed by atoms with Gasteiger partial charge in [0.2, 0.25) is 0 Å². The summed E-state index contributed by atoms with van der Waals surface area (Å²) in [4.78, 5) is 40.0. The van der Waals surface area contributed by atoms with Gasteiger partial charge >= 0.3 is 0 Å². The van der Waals surface area contributed by atoms with Crippen molar-refractivity contribution in [3.63, 3.8) is 0 Å². The fraction of sp³-hybridized carbons (Fsp3) is 0.475. The van der Waals surface area contributed by atoms with E-state index in [2.05, 4.69) is 72.7 Å². The maximum absolute atomic E-state index is 6.67. The van der Waals surface area contributed by atoms with E-state index in [4.69, 9.17) is 63.1 Å². The Morgan fingerprint density at radius 3 is 1.04 bits per heavy atom. The van der Waals surface area contributed by atoms with Gasteiger partial charge in [0.15, 0.2) is 23.3 Å². The van der Waals surface area contributed by atoms with Crippen molar-refractivity contribution in [2.75, 3.05) is 73.9 Å². The fourth-order valence-electron chi connectivity index (χ4n) is 9.19. The van der Waals surface area contributed by atoms with E-state index in [0.29, 0.717) is 165 Å². The summed E-state index contributed by atoms with van der Waals surface area (Å²) >= 11 is 0. The summed E-state index contributed by atoms with van der Waals surface area (Å²) in [5, 5.41) is 2.82. The van der Waals surface area contributed by atoms with E-state index >= 15 is 0 Å². The summed E-state index contributed by atoms with van der Waals surface area (Å²) in [5.41, 5.74) is 4.78. The lowest BCUT2D eigenvalue weighted by molar-refractivity contribution is -0.870. The van der Waals surface area contributed by atoms with Crippen LogP contribution in [0.3, 0.4) is 0 Å². The van der Waals surface area contributed by atoms with Gasteiger partial charge in [0.25, 0.3) is 0 Å². The molecule has 4 aromatic carbocycles. The van der Waals surface area contributed by atoms with Crippen molar-refractivity contribution in [2.24, 2.45) is 0 Å². The first kappa shape index (κ1) is 54.6. The molecule has 2 aliphatic heterocycles. The van der Waals surface area contributed by atoms with Gasteiger partial charge in [-0.2, -0.15) is 0 Å². The van der Waals surface area contributed by atoms with E-state index in [1.165, 1.54) is 0 Å². The van der Waals surface area contributed by atoms with E-state index in [1.807, 2.05) is 54.6 Å². The van der Waals surface area contributed by atoms with Gasteiger partial charge in [0.1, 0.15) is 76.0 Å². The van der Waals surface area contributed by atoms with Gasteiger partial charge in [-0.25, -0.2) is 29.9 Å². The second kappa shape index (κ2) is 25.3. The van der Waals surface area contributed by atoms with Crippen LogP contribution in [0, 0.1) is 0 Å². The van der Waals surface area contributed by atoms with Crippen molar-refractivity contribution < 1.29 is 37.6 Å². The molecular weight excluding hydrogens is 971 g/mol. The van der Waals surface area contributed by atoms with Crippen LogP contribution in [0.1, 0.15) is 119 Å². The molecule has 3 aromatic heterocycles. The van der Waals surface area contributed by atoms with Crippen molar-refractivity contribution in [3.8, 4) is 85.8 Å². The minimum Gasteiger partial charge on any atom is -0.493 e. The number of benzene rings is 4. The van der Waals surface area contributed by atoms with Crippen molar-refractivity contribution in [1.29, 1.82) is 0 Å². The maximum atomic E-state index is 6.67. The number of hydrogen-bond acceptors (Lipinski definition) is 13. The third kappa shape index (κ3) is 12.3. The SMILES string of the molecule is CCCCOc1ccc(OCCCC)c2c1-c1nc-2nc2[nH]c(nc3nc(nc4[nH]c(n1)c1c(OCCCC)ccc(OCCCC)c41)-c1ccc(OCC[N+](C)(C)C)cc1-3)c1c(OCCCC)ccc(OCCCC)c21. The third-order valence-corrected chi connectivity index (χ3v) is 13.6. The summed E-state index contributed by atoms with van der Waals surface area (Å²) in [6, 6.07) is 17.8. The molecule has 0 aliphatic carbocycles. The van der Waals surface area contributed by atoms with Crippen molar-refractivity contribution >= 4 is 44.1 Å². The van der Waals surface area contributed by atoms with Gasteiger partial charge in [0, 0.05) is 11.1 Å². The normalized spacial score (nSPS) is 12.0. The molecule has 0 spiro atoms. The lowest BCUT2D eigenvalue weighted by atomic mass is 10.1. The van der Waals surface area contributed by atoms with Gasteiger partial charge in [0.05, 0.1) is 93.5 Å². The van der Waals surface area contributed by atoms with Crippen LogP contribution < -0.4 is 33.2 Å². The van der Waals surface area contributed by atoms with Crippen molar-refractivity contribution in [2.45, 2.75) is 119 Å². The highest BCUT2D eigenvalue weighted by Gasteiger charge is 2.31. The first-order chi connectivity index (χ1) is 37.6. The summed E-state index contributed by atoms with van der Waals surface area (Å²) in [5.74, 6) is 6.12. The van der Waals surface area contributed by atoms with Crippen LogP contribution in [0.15, 0.2) is 54.6 Å². The predicted molar refractivity (Wildman–Crippen MR) is 307 cm³/mol. The standard InChI is InChI=1S/C61H78N9O7/c1-10-16-31-72-42-24-26-44(74-33-18-12-3)50-48(42)56-63-54-40-23-22-39(71-37-30-70(7,8)9)38-41(40)55(62-54)64-57-49-43(73-32-17-11-2)25-27-45(75-34-19-13-4)51(49)59(66-57)68-61-53-47(77-36-21-15-6)29-28-46(76-35-20-14-5)52(53)60(69-61)67-58(50)65-56/h22-29,38H,10-21,30-37H2,1-9H3,(H2,62,63,64,65,66,67,68,69)/q+1. The molecular formula is C61H78N9O7+. The number of H-pyrrole nitrogens is 2. The monoisotopic (exact) mass is 1050 g/mol. The molecule has 5 heterocycles. The molecule has 16 nitrogen and oxygen atoms in total.